The molecule has 2 rings (SSSR count). The molecule has 0 aliphatic carbocycles. The molecule has 0 unspecified atom stereocenters. The molecule has 0 spiro atoms. The Morgan fingerprint density at radius 3 is 2.08 bits per heavy atom. The molecule has 0 aliphatic heterocycles. The summed E-state index contributed by atoms with van der Waals surface area (Å²) >= 11 is 0. The van der Waals surface area contributed by atoms with Crippen LogP contribution in [0.2, 0.25) is 16.6 Å². The normalized spacial score (nSPS) is 11.9. The molecule has 0 atom stereocenters. The highest BCUT2D eigenvalue weighted by Gasteiger charge is 2.41. The van der Waals surface area contributed by atoms with Gasteiger partial charge in [-0.2, -0.15) is 0 Å². The second kappa shape index (κ2) is 7.81. The molecule has 0 N–H and O–H groups in total. The van der Waals surface area contributed by atoms with Crippen LogP contribution in [0, 0.1) is 11.5 Å². The first kappa shape index (κ1) is 18.5. The van der Waals surface area contributed by atoms with Crippen LogP contribution in [0.3, 0.4) is 0 Å². The Hall–Kier alpha value is -1.86. The standard InChI is InChI=1S/C20H29N3Si/c1-16(2)24(17(3)4,18(5)6)13-12-20-15-23(22-21-20)14-19-10-8-7-9-11-19/h7-11,15-18H,14H2,1-6H3. The van der Waals surface area contributed by atoms with Crippen molar-refractivity contribution in [2.45, 2.75) is 64.7 Å². The number of benzene rings is 1. The molecule has 0 saturated heterocycles. The number of aromatic nitrogens is 3. The molecule has 128 valence electrons. The van der Waals surface area contributed by atoms with E-state index in [0.717, 1.165) is 12.2 Å². The van der Waals surface area contributed by atoms with Gasteiger partial charge in [0.1, 0.15) is 8.07 Å². The van der Waals surface area contributed by atoms with Gasteiger partial charge in [-0.05, 0) is 22.2 Å². The first-order chi connectivity index (χ1) is 11.4. The van der Waals surface area contributed by atoms with Gasteiger partial charge in [0.25, 0.3) is 0 Å². The smallest absolute Gasteiger partial charge is 0.154 e. The van der Waals surface area contributed by atoms with Gasteiger partial charge in [-0.1, -0.05) is 83.0 Å². The van der Waals surface area contributed by atoms with Crippen molar-refractivity contribution in [3.8, 4) is 11.5 Å². The summed E-state index contributed by atoms with van der Waals surface area (Å²) in [6.07, 6.45) is 1.96. The predicted octanol–water partition coefficient (Wildman–Crippen LogP) is 4.90. The molecule has 0 bridgehead atoms. The second-order valence-corrected chi connectivity index (χ2v) is 13.0. The van der Waals surface area contributed by atoms with E-state index in [-0.39, 0.29) is 0 Å². The summed E-state index contributed by atoms with van der Waals surface area (Å²) in [5.41, 5.74) is 7.59. The fourth-order valence-corrected chi connectivity index (χ4v) is 9.02. The van der Waals surface area contributed by atoms with Crippen molar-refractivity contribution in [2.24, 2.45) is 0 Å². The summed E-state index contributed by atoms with van der Waals surface area (Å²) in [5.74, 6) is 3.35. The van der Waals surface area contributed by atoms with Gasteiger partial charge in [-0.15, -0.1) is 10.6 Å². The fraction of sp³-hybridized carbons (Fsp3) is 0.500. The Balaban J connectivity index is 2.24. The zero-order valence-corrected chi connectivity index (χ0v) is 16.7. The average Bonchev–Trinajstić information content (AvgIpc) is 2.95. The summed E-state index contributed by atoms with van der Waals surface area (Å²) < 4.78 is 1.86. The van der Waals surface area contributed by atoms with E-state index in [2.05, 4.69) is 75.5 Å². The molecule has 0 saturated carbocycles. The molecule has 4 heteroatoms. The number of hydrogen-bond donors (Lipinski definition) is 0. The van der Waals surface area contributed by atoms with Gasteiger partial charge in [0, 0.05) is 0 Å². The van der Waals surface area contributed by atoms with E-state index in [4.69, 9.17) is 0 Å². The van der Waals surface area contributed by atoms with Crippen molar-refractivity contribution < 1.29 is 0 Å². The first-order valence-electron chi connectivity index (χ1n) is 8.83. The van der Waals surface area contributed by atoms with E-state index < -0.39 is 8.07 Å². The zero-order chi connectivity index (χ0) is 17.7. The van der Waals surface area contributed by atoms with Gasteiger partial charge in [-0.3, -0.25) is 0 Å². The zero-order valence-electron chi connectivity index (χ0n) is 15.7. The van der Waals surface area contributed by atoms with E-state index in [1.54, 1.807) is 0 Å². The third kappa shape index (κ3) is 3.96. The molecule has 1 aromatic carbocycles. The Morgan fingerprint density at radius 2 is 1.54 bits per heavy atom. The molecule has 2 aromatic rings. The topological polar surface area (TPSA) is 30.7 Å². The average molecular weight is 340 g/mol. The molecule has 1 aromatic heterocycles. The third-order valence-electron chi connectivity index (χ3n) is 5.00. The molecule has 3 nitrogen and oxygen atoms in total. The minimum atomic E-state index is -1.71. The summed E-state index contributed by atoms with van der Waals surface area (Å²) in [5, 5.41) is 8.48. The van der Waals surface area contributed by atoms with Crippen LogP contribution in [-0.2, 0) is 6.54 Å². The van der Waals surface area contributed by atoms with Crippen LogP contribution in [-0.4, -0.2) is 23.1 Å². The molecular formula is C20H29N3Si. The highest BCUT2D eigenvalue weighted by molar-refractivity contribution is 6.90. The van der Waals surface area contributed by atoms with Gasteiger partial charge >= 0.3 is 0 Å². The van der Waals surface area contributed by atoms with E-state index in [1.807, 2.05) is 29.1 Å². The highest BCUT2D eigenvalue weighted by atomic mass is 28.3. The monoisotopic (exact) mass is 339 g/mol. The Morgan fingerprint density at radius 1 is 0.958 bits per heavy atom. The second-order valence-electron chi connectivity index (χ2n) is 7.43. The predicted molar refractivity (Wildman–Crippen MR) is 103 cm³/mol. The van der Waals surface area contributed by atoms with Gasteiger partial charge < -0.3 is 0 Å². The maximum absolute atomic E-state index is 4.26. The molecule has 0 aliphatic rings. The summed E-state index contributed by atoms with van der Waals surface area (Å²) in [6, 6.07) is 10.3. The van der Waals surface area contributed by atoms with Crippen molar-refractivity contribution in [3.63, 3.8) is 0 Å². The molecule has 24 heavy (non-hydrogen) atoms. The van der Waals surface area contributed by atoms with Crippen LogP contribution < -0.4 is 0 Å². The van der Waals surface area contributed by atoms with Crippen LogP contribution in [0.25, 0.3) is 0 Å². The summed E-state index contributed by atoms with van der Waals surface area (Å²) in [6.45, 7) is 14.7. The van der Waals surface area contributed by atoms with Crippen LogP contribution >= 0.6 is 0 Å². The summed E-state index contributed by atoms with van der Waals surface area (Å²) in [7, 11) is -1.71. The molecule has 1 heterocycles. The molecule has 0 radical (unpaired) electrons. The van der Waals surface area contributed by atoms with Crippen molar-refractivity contribution >= 4 is 8.07 Å². The van der Waals surface area contributed by atoms with Crippen LogP contribution in [0.5, 0.6) is 0 Å². The fourth-order valence-electron chi connectivity index (χ4n) is 3.81. The third-order valence-corrected chi connectivity index (χ3v) is 11.3. The van der Waals surface area contributed by atoms with E-state index in [1.165, 1.54) is 5.56 Å². The number of nitrogens with zero attached hydrogens (tertiary/aromatic N) is 3. The number of hydrogen-bond acceptors (Lipinski definition) is 2. The first-order valence-corrected chi connectivity index (χ1v) is 11.1. The lowest BCUT2D eigenvalue weighted by atomic mass is 10.2. The SMILES string of the molecule is CC(C)[Si](C#Cc1cn(Cc2ccccc2)nn1)(C(C)C)C(C)C. The molecular weight excluding hydrogens is 310 g/mol. The summed E-state index contributed by atoms with van der Waals surface area (Å²) in [4.78, 5) is 0. The lowest BCUT2D eigenvalue weighted by molar-refractivity contribution is 0.649. The van der Waals surface area contributed by atoms with E-state index >= 15 is 0 Å². The van der Waals surface area contributed by atoms with Crippen molar-refractivity contribution in [3.05, 3.63) is 47.8 Å². The maximum Gasteiger partial charge on any atom is 0.154 e. The van der Waals surface area contributed by atoms with E-state index in [9.17, 15) is 0 Å². The maximum atomic E-state index is 4.26. The quantitative estimate of drug-likeness (QED) is 0.573. The van der Waals surface area contributed by atoms with Crippen molar-refractivity contribution in [1.82, 2.24) is 15.0 Å². The largest absolute Gasteiger partial charge is 0.247 e. The minimum absolute atomic E-state index is 0.629. The van der Waals surface area contributed by atoms with Crippen LogP contribution in [0.4, 0.5) is 0 Å². The van der Waals surface area contributed by atoms with Crippen LogP contribution in [0.15, 0.2) is 36.5 Å². The van der Waals surface area contributed by atoms with Gasteiger partial charge in [0.05, 0.1) is 12.7 Å². The van der Waals surface area contributed by atoms with Gasteiger partial charge in [0.2, 0.25) is 0 Å². The highest BCUT2D eigenvalue weighted by Crippen LogP contribution is 2.40. The lowest BCUT2D eigenvalue weighted by Crippen LogP contribution is -2.43. The van der Waals surface area contributed by atoms with E-state index in [0.29, 0.717) is 16.6 Å². The van der Waals surface area contributed by atoms with Crippen LogP contribution in [0.1, 0.15) is 52.8 Å². The Labute approximate surface area is 147 Å². The van der Waals surface area contributed by atoms with Gasteiger partial charge in [-0.25, -0.2) is 4.68 Å². The van der Waals surface area contributed by atoms with Crippen molar-refractivity contribution in [1.29, 1.82) is 0 Å². The Kier molecular flexibility index (Phi) is 6.01. The Bertz CT molecular complexity index is 683. The number of rotatable bonds is 5. The minimum Gasteiger partial charge on any atom is -0.247 e. The lowest BCUT2D eigenvalue weighted by Gasteiger charge is -2.37. The molecule has 0 fully saturated rings. The van der Waals surface area contributed by atoms with Crippen molar-refractivity contribution in [2.75, 3.05) is 0 Å². The molecule has 0 amide bonds. The van der Waals surface area contributed by atoms with Gasteiger partial charge in [0.15, 0.2) is 5.69 Å².